The van der Waals surface area contributed by atoms with Crippen molar-refractivity contribution in [2.75, 3.05) is 4.90 Å². The average Bonchev–Trinajstić information content (AvgIpc) is 3.11. The maximum atomic E-state index is 2.40. The van der Waals surface area contributed by atoms with Gasteiger partial charge in [0.25, 0.3) is 0 Å². The van der Waals surface area contributed by atoms with Crippen molar-refractivity contribution in [3.8, 4) is 11.1 Å². The first-order chi connectivity index (χ1) is 21.9. The molecule has 0 atom stereocenters. The van der Waals surface area contributed by atoms with Gasteiger partial charge < -0.3 is 4.90 Å². The molecule has 232 valence electrons. The second kappa shape index (κ2) is 16.1. The van der Waals surface area contributed by atoms with E-state index in [4.69, 9.17) is 0 Å². The predicted octanol–water partition coefficient (Wildman–Crippen LogP) is 12.7. The van der Waals surface area contributed by atoms with E-state index in [9.17, 15) is 0 Å². The summed E-state index contributed by atoms with van der Waals surface area (Å²) in [6.07, 6.45) is 15.7. The summed E-state index contributed by atoms with van der Waals surface area (Å²) in [6.45, 7) is 15.4. The van der Waals surface area contributed by atoms with E-state index >= 15 is 0 Å². The van der Waals surface area contributed by atoms with Crippen molar-refractivity contribution in [3.63, 3.8) is 0 Å². The number of nitrogens with zero attached hydrogens (tertiary/aromatic N) is 1. The lowest BCUT2D eigenvalue weighted by molar-refractivity contribution is 0.632. The van der Waals surface area contributed by atoms with E-state index in [0.717, 1.165) is 25.7 Å². The molecule has 0 amide bonds. The fourth-order valence-electron chi connectivity index (χ4n) is 6.17. The molecule has 0 radical (unpaired) electrons. The number of hydrogen-bond donors (Lipinski definition) is 0. The highest BCUT2D eigenvalue weighted by molar-refractivity contribution is 5.71. The highest BCUT2D eigenvalue weighted by Gasteiger charge is 2.25. The predicted molar refractivity (Wildman–Crippen MR) is 199 cm³/mol. The molecule has 0 fully saturated rings. The molecule has 0 unspecified atom stereocenters. The molecule has 1 aliphatic rings. The highest BCUT2D eigenvalue weighted by atomic mass is 15.1. The van der Waals surface area contributed by atoms with Gasteiger partial charge in [0, 0.05) is 22.5 Å². The number of anilines is 1. The second-order valence-corrected chi connectivity index (χ2v) is 11.9. The van der Waals surface area contributed by atoms with E-state index in [-0.39, 0.29) is 5.41 Å². The van der Waals surface area contributed by atoms with Gasteiger partial charge in [0.05, 0.1) is 0 Å². The van der Waals surface area contributed by atoms with Crippen LogP contribution in [0.3, 0.4) is 0 Å². The highest BCUT2D eigenvalue weighted by Crippen LogP contribution is 2.36. The van der Waals surface area contributed by atoms with Crippen LogP contribution in [-0.4, -0.2) is 0 Å². The molecule has 0 heterocycles. The minimum atomic E-state index is -0.0737. The van der Waals surface area contributed by atoms with E-state index in [1.807, 2.05) is 13.8 Å². The van der Waals surface area contributed by atoms with Gasteiger partial charge in [0.1, 0.15) is 0 Å². The maximum Gasteiger partial charge on any atom is 0.0458 e. The molecular weight excluding hydrogens is 542 g/mol. The Bertz CT molecular complexity index is 1640. The summed E-state index contributed by atoms with van der Waals surface area (Å²) < 4.78 is 0. The molecule has 0 saturated heterocycles. The first-order valence-electron chi connectivity index (χ1n) is 16.8. The molecular formula is C44H51N. The summed E-state index contributed by atoms with van der Waals surface area (Å²) in [5.74, 6) is 0. The third kappa shape index (κ3) is 8.03. The number of rotatable bonds is 10. The molecule has 1 aliphatic carbocycles. The Morgan fingerprint density at radius 1 is 0.756 bits per heavy atom. The Kier molecular flexibility index (Phi) is 12.0. The maximum absolute atomic E-state index is 2.40. The third-order valence-corrected chi connectivity index (χ3v) is 8.75. The van der Waals surface area contributed by atoms with Crippen molar-refractivity contribution in [1.82, 2.24) is 0 Å². The summed E-state index contributed by atoms with van der Waals surface area (Å²) in [7, 11) is 0. The lowest BCUT2D eigenvalue weighted by Gasteiger charge is -2.29. The third-order valence-electron chi connectivity index (χ3n) is 8.75. The van der Waals surface area contributed by atoms with Gasteiger partial charge >= 0.3 is 0 Å². The zero-order valence-corrected chi connectivity index (χ0v) is 28.5. The van der Waals surface area contributed by atoms with E-state index in [2.05, 4.69) is 173 Å². The molecule has 0 aliphatic heterocycles. The van der Waals surface area contributed by atoms with Crippen molar-refractivity contribution in [3.05, 3.63) is 167 Å². The van der Waals surface area contributed by atoms with Gasteiger partial charge in [-0.3, -0.25) is 0 Å². The zero-order valence-electron chi connectivity index (χ0n) is 28.5. The van der Waals surface area contributed by atoms with Crippen LogP contribution in [0.25, 0.3) is 16.7 Å². The van der Waals surface area contributed by atoms with Crippen LogP contribution in [0.4, 0.5) is 5.69 Å². The Morgan fingerprint density at radius 3 is 2.11 bits per heavy atom. The molecule has 4 aromatic rings. The smallest absolute Gasteiger partial charge is 0.0458 e. The molecule has 5 rings (SSSR count). The second-order valence-electron chi connectivity index (χ2n) is 11.9. The number of benzene rings is 4. The summed E-state index contributed by atoms with van der Waals surface area (Å²) in [5, 5.41) is 0. The Balaban J connectivity index is 0.00000226. The molecule has 0 saturated carbocycles. The molecule has 0 spiro atoms. The first-order valence-corrected chi connectivity index (χ1v) is 16.8. The Labute approximate surface area is 273 Å². The van der Waals surface area contributed by atoms with Crippen LogP contribution in [0.1, 0.15) is 90.0 Å². The Morgan fingerprint density at radius 2 is 1.44 bits per heavy atom. The largest absolute Gasteiger partial charge is 0.315 e. The van der Waals surface area contributed by atoms with Gasteiger partial charge in [-0.15, -0.1) is 0 Å². The van der Waals surface area contributed by atoms with Gasteiger partial charge in [-0.05, 0) is 95.8 Å². The van der Waals surface area contributed by atoms with Gasteiger partial charge in [-0.1, -0.05) is 151 Å². The molecule has 0 N–H and O–H groups in total. The molecule has 0 aromatic heterocycles. The van der Waals surface area contributed by atoms with Crippen molar-refractivity contribution in [1.29, 1.82) is 0 Å². The fourth-order valence-corrected chi connectivity index (χ4v) is 6.17. The summed E-state index contributed by atoms with van der Waals surface area (Å²) in [4.78, 5) is 2.38. The number of hydrogen-bond acceptors (Lipinski definition) is 1. The van der Waals surface area contributed by atoms with Crippen LogP contribution in [0, 0.1) is 0 Å². The van der Waals surface area contributed by atoms with E-state index in [1.165, 1.54) is 56.0 Å². The molecule has 1 heteroatoms. The van der Waals surface area contributed by atoms with Crippen LogP contribution in [0.5, 0.6) is 0 Å². The Hall–Kier alpha value is -4.36. The van der Waals surface area contributed by atoms with Crippen LogP contribution in [-0.2, 0) is 11.8 Å². The van der Waals surface area contributed by atoms with Crippen molar-refractivity contribution >= 4 is 11.3 Å². The number of aryl methyl sites for hydroxylation is 1. The normalized spacial score (nSPS) is 13.5. The van der Waals surface area contributed by atoms with Crippen LogP contribution < -0.4 is 4.90 Å². The van der Waals surface area contributed by atoms with E-state index < -0.39 is 0 Å². The van der Waals surface area contributed by atoms with E-state index in [0.29, 0.717) is 0 Å². The minimum absolute atomic E-state index is 0.0737. The molecule has 1 nitrogen and oxygen atoms in total. The minimum Gasteiger partial charge on any atom is -0.315 e. The average molecular weight is 594 g/mol. The monoisotopic (exact) mass is 593 g/mol. The standard InChI is InChI=1S/C42H45N.C2H6/c1-6-33(37-20-16-21-38(31-37)42(4,5)41-24-15-14-17-34(41)7-2)26-25-32(3)43(39-22-12-9-13-23-39)40-29-27-36(28-30-40)35-18-10-8-11-19-35;1-2/h8,10-12,14-31H,6-7,9,13H2,1-5H3;1-2H3/b32-25+,33-26+;. The molecule has 4 aromatic carbocycles. The van der Waals surface area contributed by atoms with Gasteiger partial charge in [0.15, 0.2) is 0 Å². The van der Waals surface area contributed by atoms with Gasteiger partial charge in [-0.2, -0.15) is 0 Å². The molecule has 0 bridgehead atoms. The summed E-state index contributed by atoms with van der Waals surface area (Å²) >= 11 is 0. The van der Waals surface area contributed by atoms with E-state index in [1.54, 1.807) is 0 Å². The topological polar surface area (TPSA) is 3.24 Å². The van der Waals surface area contributed by atoms with Crippen molar-refractivity contribution < 1.29 is 0 Å². The van der Waals surface area contributed by atoms with Crippen LogP contribution >= 0.6 is 0 Å². The molecule has 45 heavy (non-hydrogen) atoms. The summed E-state index contributed by atoms with van der Waals surface area (Å²) in [5.41, 5.74) is 12.8. The zero-order chi connectivity index (χ0) is 32.2. The van der Waals surface area contributed by atoms with Gasteiger partial charge in [-0.25, -0.2) is 0 Å². The van der Waals surface area contributed by atoms with Gasteiger partial charge in [0.2, 0.25) is 0 Å². The SMILES string of the molecule is CC.CC/C(=C\C=C(/C)N(C1=CCCC=C1)c1ccc(-c2ccccc2)cc1)c1cccc(C(C)(C)c2ccccc2CC)c1. The lowest BCUT2D eigenvalue weighted by atomic mass is 9.75. The lowest BCUT2D eigenvalue weighted by Crippen LogP contribution is -2.21. The van der Waals surface area contributed by atoms with Crippen LogP contribution in [0.2, 0.25) is 0 Å². The quantitative estimate of drug-likeness (QED) is 0.165. The van der Waals surface area contributed by atoms with Crippen LogP contribution in [0.15, 0.2) is 145 Å². The summed E-state index contributed by atoms with van der Waals surface area (Å²) in [6, 6.07) is 37.6. The first kappa shape index (κ1) is 33.5. The number of allylic oxidation sites excluding steroid dienone is 7. The van der Waals surface area contributed by atoms with Crippen molar-refractivity contribution in [2.45, 2.75) is 79.6 Å². The van der Waals surface area contributed by atoms with Crippen molar-refractivity contribution in [2.24, 2.45) is 0 Å². The fraction of sp³-hybridized carbons (Fsp3) is 0.273.